The quantitative estimate of drug-likeness (QED) is 0.575. The molecule has 0 fully saturated rings. The Hall–Kier alpha value is -1.08. The molecule has 0 bridgehead atoms. The van der Waals surface area contributed by atoms with E-state index in [-0.39, 0.29) is 5.03 Å². The molecule has 0 saturated carbocycles. The van der Waals surface area contributed by atoms with E-state index >= 15 is 0 Å². The van der Waals surface area contributed by atoms with Crippen LogP contribution in [0.4, 0.5) is 0 Å². The SMILES string of the molecule is CCCCCCCCc1cnnnc1S(=O)(=O)O. The van der Waals surface area contributed by atoms with E-state index in [1.54, 1.807) is 0 Å². The van der Waals surface area contributed by atoms with Gasteiger partial charge in [-0.2, -0.15) is 8.42 Å². The summed E-state index contributed by atoms with van der Waals surface area (Å²) >= 11 is 0. The van der Waals surface area contributed by atoms with Crippen molar-refractivity contribution in [3.05, 3.63) is 11.8 Å². The first-order chi connectivity index (χ1) is 8.55. The first-order valence-corrected chi connectivity index (χ1v) is 7.64. The van der Waals surface area contributed by atoms with Crippen LogP contribution >= 0.6 is 0 Å². The topological polar surface area (TPSA) is 93.0 Å². The lowest BCUT2D eigenvalue weighted by molar-refractivity contribution is 0.473. The fourth-order valence-electron chi connectivity index (χ4n) is 1.77. The maximum atomic E-state index is 11.1. The molecule has 0 unspecified atom stereocenters. The number of rotatable bonds is 8. The van der Waals surface area contributed by atoms with Gasteiger partial charge in [-0.1, -0.05) is 39.0 Å². The summed E-state index contributed by atoms with van der Waals surface area (Å²) in [7, 11) is -4.30. The predicted molar refractivity (Wildman–Crippen MR) is 66.7 cm³/mol. The number of aromatic nitrogens is 3. The summed E-state index contributed by atoms with van der Waals surface area (Å²) in [5, 5.41) is 9.80. The van der Waals surface area contributed by atoms with Crippen molar-refractivity contribution in [1.82, 2.24) is 15.4 Å². The third-order valence-electron chi connectivity index (χ3n) is 2.72. The third-order valence-corrected chi connectivity index (χ3v) is 3.55. The Kier molecular flexibility index (Phi) is 6.14. The lowest BCUT2D eigenvalue weighted by atomic mass is 10.1. The minimum Gasteiger partial charge on any atom is -0.281 e. The van der Waals surface area contributed by atoms with Crippen LogP contribution in [0.3, 0.4) is 0 Å². The van der Waals surface area contributed by atoms with Gasteiger partial charge in [0.2, 0.25) is 5.03 Å². The Labute approximate surface area is 108 Å². The van der Waals surface area contributed by atoms with Gasteiger partial charge >= 0.3 is 10.1 Å². The fourth-order valence-corrected chi connectivity index (χ4v) is 2.39. The zero-order valence-corrected chi connectivity index (χ0v) is 11.4. The Balaban J connectivity index is 2.48. The van der Waals surface area contributed by atoms with Crippen molar-refractivity contribution in [3.63, 3.8) is 0 Å². The van der Waals surface area contributed by atoms with Crippen LogP contribution in [0.1, 0.15) is 51.0 Å². The van der Waals surface area contributed by atoms with Gasteiger partial charge in [0.25, 0.3) is 0 Å². The Bertz CT molecular complexity index is 462. The van der Waals surface area contributed by atoms with Crippen LogP contribution in [0.2, 0.25) is 0 Å². The molecule has 0 saturated heterocycles. The van der Waals surface area contributed by atoms with Crippen molar-refractivity contribution in [3.8, 4) is 0 Å². The van der Waals surface area contributed by atoms with Gasteiger partial charge in [-0.05, 0) is 18.1 Å². The summed E-state index contributed by atoms with van der Waals surface area (Å²) in [6.07, 6.45) is 8.56. The maximum Gasteiger partial charge on any atom is 0.314 e. The van der Waals surface area contributed by atoms with Gasteiger partial charge in [-0.3, -0.25) is 4.55 Å². The minimum absolute atomic E-state index is 0.369. The molecular formula is C11H19N3O3S. The summed E-state index contributed by atoms with van der Waals surface area (Å²) in [4.78, 5) is 0. The fraction of sp³-hybridized carbons (Fsp3) is 0.727. The van der Waals surface area contributed by atoms with E-state index < -0.39 is 10.1 Å². The average Bonchev–Trinajstić information content (AvgIpc) is 2.33. The van der Waals surface area contributed by atoms with Crippen molar-refractivity contribution in [2.24, 2.45) is 0 Å². The maximum absolute atomic E-state index is 11.1. The van der Waals surface area contributed by atoms with Crippen molar-refractivity contribution < 1.29 is 13.0 Å². The second-order valence-electron chi connectivity index (χ2n) is 4.26. The molecule has 18 heavy (non-hydrogen) atoms. The first kappa shape index (κ1) is 15.0. The van der Waals surface area contributed by atoms with Crippen LogP contribution in [-0.4, -0.2) is 28.4 Å². The molecule has 0 aliphatic heterocycles. The van der Waals surface area contributed by atoms with Gasteiger partial charge in [0.05, 0.1) is 6.20 Å². The molecule has 0 aromatic carbocycles. The van der Waals surface area contributed by atoms with E-state index in [1.807, 2.05) is 0 Å². The zero-order chi connectivity index (χ0) is 13.4. The highest BCUT2D eigenvalue weighted by molar-refractivity contribution is 7.85. The van der Waals surface area contributed by atoms with Crippen molar-refractivity contribution in [2.45, 2.75) is 56.9 Å². The van der Waals surface area contributed by atoms with Gasteiger partial charge in [0.1, 0.15) is 0 Å². The number of aryl methyl sites for hydroxylation is 1. The van der Waals surface area contributed by atoms with Gasteiger partial charge in [0, 0.05) is 5.56 Å². The molecule has 0 radical (unpaired) electrons. The normalized spacial score (nSPS) is 11.7. The molecule has 0 amide bonds. The summed E-state index contributed by atoms with van der Waals surface area (Å²) in [6.45, 7) is 2.16. The molecule has 1 aromatic rings. The standard InChI is InChI=1S/C11H19N3O3S/c1-2-3-4-5-6-7-8-10-9-12-14-13-11(10)18(15,16)17/h9H,2-8H2,1H3,(H,15,16,17). The molecule has 102 valence electrons. The van der Waals surface area contributed by atoms with Crippen molar-refractivity contribution in [2.75, 3.05) is 0 Å². The molecule has 7 heteroatoms. The lowest BCUT2D eigenvalue weighted by Crippen LogP contribution is -2.08. The van der Waals surface area contributed by atoms with Gasteiger partial charge in [-0.15, -0.1) is 10.2 Å². The van der Waals surface area contributed by atoms with Crippen LogP contribution in [0.5, 0.6) is 0 Å². The molecule has 0 spiro atoms. The molecule has 0 aliphatic carbocycles. The molecule has 1 aromatic heterocycles. The second kappa shape index (κ2) is 7.38. The number of hydrogen-bond donors (Lipinski definition) is 1. The predicted octanol–water partition coefficient (Wildman–Crippen LogP) is 2.02. The summed E-state index contributed by atoms with van der Waals surface area (Å²) < 4.78 is 31.1. The highest BCUT2D eigenvalue weighted by Gasteiger charge is 2.17. The Morgan fingerprint density at radius 3 is 2.50 bits per heavy atom. The van der Waals surface area contributed by atoms with E-state index in [9.17, 15) is 8.42 Å². The summed E-state index contributed by atoms with van der Waals surface area (Å²) in [5.74, 6) is 0. The summed E-state index contributed by atoms with van der Waals surface area (Å²) in [5.41, 5.74) is 0.433. The Morgan fingerprint density at radius 2 is 1.83 bits per heavy atom. The highest BCUT2D eigenvalue weighted by atomic mass is 32.2. The Morgan fingerprint density at radius 1 is 1.17 bits per heavy atom. The summed E-state index contributed by atoms with van der Waals surface area (Å²) in [6, 6.07) is 0. The minimum atomic E-state index is -4.30. The lowest BCUT2D eigenvalue weighted by Gasteiger charge is -2.04. The van der Waals surface area contributed by atoms with Crippen LogP contribution in [0.25, 0.3) is 0 Å². The monoisotopic (exact) mass is 273 g/mol. The highest BCUT2D eigenvalue weighted by Crippen LogP contribution is 2.14. The van der Waals surface area contributed by atoms with Crippen molar-refractivity contribution in [1.29, 1.82) is 0 Å². The number of nitrogens with zero attached hydrogens (tertiary/aromatic N) is 3. The van der Waals surface area contributed by atoms with Crippen LogP contribution in [-0.2, 0) is 16.5 Å². The largest absolute Gasteiger partial charge is 0.314 e. The third kappa shape index (κ3) is 5.05. The van der Waals surface area contributed by atoms with E-state index in [0.717, 1.165) is 19.3 Å². The van der Waals surface area contributed by atoms with Gasteiger partial charge in [0.15, 0.2) is 0 Å². The molecule has 1 heterocycles. The van der Waals surface area contributed by atoms with Crippen molar-refractivity contribution >= 4 is 10.1 Å². The number of hydrogen-bond acceptors (Lipinski definition) is 5. The van der Waals surface area contributed by atoms with Gasteiger partial charge in [-0.25, -0.2) is 0 Å². The van der Waals surface area contributed by atoms with E-state index in [4.69, 9.17) is 4.55 Å². The van der Waals surface area contributed by atoms with Crippen LogP contribution in [0, 0.1) is 0 Å². The van der Waals surface area contributed by atoms with E-state index in [1.165, 1.54) is 25.5 Å². The van der Waals surface area contributed by atoms with E-state index in [0.29, 0.717) is 12.0 Å². The van der Waals surface area contributed by atoms with Crippen LogP contribution < -0.4 is 0 Å². The first-order valence-electron chi connectivity index (χ1n) is 6.20. The van der Waals surface area contributed by atoms with E-state index in [2.05, 4.69) is 22.3 Å². The average molecular weight is 273 g/mol. The molecule has 0 atom stereocenters. The number of unbranched alkanes of at least 4 members (excludes halogenated alkanes) is 5. The molecule has 6 nitrogen and oxygen atoms in total. The molecule has 0 aliphatic rings. The van der Waals surface area contributed by atoms with Gasteiger partial charge < -0.3 is 0 Å². The molecule has 1 N–H and O–H groups in total. The molecule has 1 rings (SSSR count). The molecular weight excluding hydrogens is 254 g/mol. The smallest absolute Gasteiger partial charge is 0.281 e. The van der Waals surface area contributed by atoms with Crippen LogP contribution in [0.15, 0.2) is 11.2 Å². The zero-order valence-electron chi connectivity index (χ0n) is 10.5. The second-order valence-corrected chi connectivity index (χ2v) is 5.59.